The van der Waals surface area contributed by atoms with Crippen molar-refractivity contribution in [1.82, 2.24) is 19.5 Å². The summed E-state index contributed by atoms with van der Waals surface area (Å²) in [6.07, 6.45) is -4.26. The Hall–Kier alpha value is -2.92. The van der Waals surface area contributed by atoms with Gasteiger partial charge in [0.1, 0.15) is 17.0 Å². The van der Waals surface area contributed by atoms with E-state index in [4.69, 9.17) is 10.2 Å². The van der Waals surface area contributed by atoms with Crippen molar-refractivity contribution < 1.29 is 28.5 Å². The van der Waals surface area contributed by atoms with Crippen LogP contribution in [0.4, 0.5) is 30.8 Å². The summed E-state index contributed by atoms with van der Waals surface area (Å²) >= 11 is 0. The maximum atomic E-state index is 14.3. The van der Waals surface area contributed by atoms with Crippen LogP contribution in [0.25, 0.3) is 11.2 Å². The van der Waals surface area contributed by atoms with Crippen LogP contribution in [-0.4, -0.2) is 50.0 Å². The van der Waals surface area contributed by atoms with Crippen molar-refractivity contribution in [1.29, 1.82) is 0 Å². The van der Waals surface area contributed by atoms with Crippen molar-refractivity contribution in [3.63, 3.8) is 0 Å². The Bertz CT molecular complexity index is 1280. The highest BCUT2D eigenvalue weighted by molar-refractivity contribution is 5.76. The van der Waals surface area contributed by atoms with E-state index in [0.29, 0.717) is 25.2 Å². The summed E-state index contributed by atoms with van der Waals surface area (Å²) in [6, 6.07) is -0.226. The van der Waals surface area contributed by atoms with Gasteiger partial charge >= 0.3 is 0 Å². The standard InChI is InChI=1S/C21H23F3N6O2/c22-11-7-15(23)18(16(24)8-11)28-21-27-17-9-25-20(26-12-1-3-14(31)4-2-12)29-19(17)30(21)13-5-6-32-10-13/h7-9,12-14,31H,1-6,10H2,(H,27,28)(H,25,26,29)/i1D2,3D2. The summed E-state index contributed by atoms with van der Waals surface area (Å²) in [7, 11) is 0. The van der Waals surface area contributed by atoms with Gasteiger partial charge in [-0.25, -0.2) is 23.1 Å². The molecule has 1 saturated heterocycles. The minimum Gasteiger partial charge on any atom is -0.393 e. The number of imidazole rings is 1. The third-order valence-electron chi connectivity index (χ3n) is 5.40. The highest BCUT2D eigenvalue weighted by atomic mass is 19.1. The van der Waals surface area contributed by atoms with Crippen LogP contribution >= 0.6 is 0 Å². The second kappa shape index (κ2) is 8.55. The minimum absolute atomic E-state index is 0.00526. The lowest BCUT2D eigenvalue weighted by Gasteiger charge is -2.26. The zero-order chi connectivity index (χ0) is 25.8. The predicted molar refractivity (Wildman–Crippen MR) is 111 cm³/mol. The lowest BCUT2D eigenvalue weighted by atomic mass is 9.93. The van der Waals surface area contributed by atoms with Gasteiger partial charge in [-0.1, -0.05) is 0 Å². The van der Waals surface area contributed by atoms with E-state index in [0.717, 1.165) is 0 Å². The van der Waals surface area contributed by atoms with Crippen molar-refractivity contribution in [2.75, 3.05) is 23.8 Å². The summed E-state index contributed by atoms with van der Waals surface area (Å²) in [5.41, 5.74) is -0.0440. The number of benzene rings is 1. The van der Waals surface area contributed by atoms with E-state index < -0.39 is 48.0 Å². The molecule has 0 bridgehead atoms. The van der Waals surface area contributed by atoms with E-state index in [2.05, 4.69) is 25.6 Å². The number of aromatic nitrogens is 4. The van der Waals surface area contributed by atoms with Gasteiger partial charge in [0.2, 0.25) is 11.9 Å². The number of aliphatic hydroxyl groups is 1. The van der Waals surface area contributed by atoms with Gasteiger partial charge in [0, 0.05) is 30.3 Å². The monoisotopic (exact) mass is 452 g/mol. The zero-order valence-corrected chi connectivity index (χ0v) is 16.8. The maximum absolute atomic E-state index is 14.3. The molecule has 8 nitrogen and oxygen atoms in total. The van der Waals surface area contributed by atoms with E-state index >= 15 is 0 Å². The molecule has 3 aromatic rings. The fraction of sp³-hybridized carbons (Fsp3) is 0.476. The summed E-state index contributed by atoms with van der Waals surface area (Å²) in [5.74, 6) is -3.32. The molecule has 5 rings (SSSR count). The first kappa shape index (κ1) is 16.7. The highest BCUT2D eigenvalue weighted by Gasteiger charge is 2.27. The lowest BCUT2D eigenvalue weighted by molar-refractivity contribution is 0.126. The van der Waals surface area contributed by atoms with Crippen LogP contribution in [0.5, 0.6) is 0 Å². The number of hydrogen-bond donors (Lipinski definition) is 3. The van der Waals surface area contributed by atoms with Crippen LogP contribution in [0, 0.1) is 17.5 Å². The number of rotatable bonds is 5. The van der Waals surface area contributed by atoms with E-state index in [9.17, 15) is 18.3 Å². The summed E-state index contributed by atoms with van der Waals surface area (Å²) in [5, 5.41) is 15.4. The smallest absolute Gasteiger partial charge is 0.224 e. The van der Waals surface area contributed by atoms with Gasteiger partial charge in [-0.15, -0.1) is 0 Å². The summed E-state index contributed by atoms with van der Waals surface area (Å²) in [4.78, 5) is 13.0. The third-order valence-corrected chi connectivity index (χ3v) is 5.40. The quantitative estimate of drug-likeness (QED) is 0.544. The molecular formula is C21H23F3N6O2. The van der Waals surface area contributed by atoms with Gasteiger partial charge in [0.25, 0.3) is 0 Å². The second-order valence-electron chi connectivity index (χ2n) is 7.67. The van der Waals surface area contributed by atoms with Crippen molar-refractivity contribution in [2.45, 2.75) is 50.2 Å². The largest absolute Gasteiger partial charge is 0.393 e. The van der Waals surface area contributed by atoms with Gasteiger partial charge in [0.05, 0.1) is 24.9 Å². The Balaban J connectivity index is 1.53. The number of halogens is 3. The fourth-order valence-electron chi connectivity index (χ4n) is 3.82. The number of hydrogen-bond acceptors (Lipinski definition) is 7. The number of fused-ring (bicyclic) bond motifs is 1. The summed E-state index contributed by atoms with van der Waals surface area (Å²) in [6.45, 7) is 0.726. The van der Waals surface area contributed by atoms with E-state index in [1.165, 1.54) is 6.20 Å². The van der Waals surface area contributed by atoms with Crippen LogP contribution in [0.15, 0.2) is 18.3 Å². The number of nitrogens with one attached hydrogen (secondary N) is 2. The molecule has 1 aliphatic carbocycles. The number of ether oxygens (including phenoxy) is 1. The average molecular weight is 452 g/mol. The van der Waals surface area contributed by atoms with Gasteiger partial charge in [0.15, 0.2) is 17.3 Å². The minimum atomic E-state index is -2.49. The normalized spacial score (nSPS) is 28.6. The number of aliphatic hydroxyl groups excluding tert-OH is 1. The van der Waals surface area contributed by atoms with Gasteiger partial charge in [-0.3, -0.25) is 4.57 Å². The molecule has 3 N–H and O–H groups in total. The molecule has 0 spiro atoms. The third kappa shape index (κ3) is 4.09. The molecule has 32 heavy (non-hydrogen) atoms. The van der Waals surface area contributed by atoms with Crippen molar-refractivity contribution in [3.05, 3.63) is 35.8 Å². The molecule has 170 valence electrons. The average Bonchev–Trinajstić information content (AvgIpc) is 3.44. The maximum Gasteiger partial charge on any atom is 0.224 e. The molecule has 1 aromatic carbocycles. The molecule has 3 unspecified atom stereocenters. The van der Waals surface area contributed by atoms with E-state index in [1.54, 1.807) is 4.57 Å². The van der Waals surface area contributed by atoms with Crippen LogP contribution in [0.2, 0.25) is 0 Å². The Morgan fingerprint density at radius 2 is 1.94 bits per heavy atom. The lowest BCUT2D eigenvalue weighted by Crippen LogP contribution is -2.29. The first-order valence-electron chi connectivity index (χ1n) is 12.2. The molecule has 2 aliphatic rings. The van der Waals surface area contributed by atoms with Crippen LogP contribution in [0.3, 0.4) is 0 Å². The fourth-order valence-corrected chi connectivity index (χ4v) is 3.82. The van der Waals surface area contributed by atoms with Crippen LogP contribution in [-0.2, 0) is 4.74 Å². The Labute approximate surface area is 187 Å². The van der Waals surface area contributed by atoms with Crippen molar-refractivity contribution in [3.8, 4) is 0 Å². The van der Waals surface area contributed by atoms with Crippen molar-refractivity contribution in [2.24, 2.45) is 0 Å². The molecule has 3 heterocycles. The summed E-state index contributed by atoms with van der Waals surface area (Å²) < 4.78 is 81.6. The number of nitrogens with zero attached hydrogens (tertiary/aromatic N) is 4. The van der Waals surface area contributed by atoms with Gasteiger partial charge in [-0.05, 0) is 32.0 Å². The Morgan fingerprint density at radius 3 is 2.69 bits per heavy atom. The number of anilines is 3. The molecule has 2 aromatic heterocycles. The zero-order valence-electron chi connectivity index (χ0n) is 20.8. The topological polar surface area (TPSA) is 97.1 Å². The first-order valence-corrected chi connectivity index (χ1v) is 10.2. The van der Waals surface area contributed by atoms with E-state index in [-0.39, 0.29) is 48.6 Å². The predicted octanol–water partition coefficient (Wildman–Crippen LogP) is 3.66. The molecule has 1 aliphatic heterocycles. The van der Waals surface area contributed by atoms with Crippen LogP contribution in [0.1, 0.15) is 43.5 Å². The Kier molecular flexibility index (Phi) is 4.45. The molecule has 0 amide bonds. The Morgan fingerprint density at radius 1 is 1.12 bits per heavy atom. The molecule has 3 atom stereocenters. The SMILES string of the molecule is [2H]C1([2H])C(O)CCC(Nc2ncc3nc(Nc4c(F)cc(F)cc4F)n(C4CCOC4)c3n2)C1([2H])[2H]. The highest BCUT2D eigenvalue weighted by Crippen LogP contribution is 2.32. The van der Waals surface area contributed by atoms with E-state index in [1.807, 2.05) is 0 Å². The van der Waals surface area contributed by atoms with Gasteiger partial charge < -0.3 is 20.5 Å². The van der Waals surface area contributed by atoms with Crippen molar-refractivity contribution >= 4 is 28.7 Å². The molecule has 2 fully saturated rings. The first-order chi connectivity index (χ1) is 17.0. The molecule has 11 heteroatoms. The molecular weight excluding hydrogens is 425 g/mol. The molecule has 0 radical (unpaired) electrons. The second-order valence-corrected chi connectivity index (χ2v) is 7.67. The van der Waals surface area contributed by atoms with Gasteiger partial charge in [-0.2, -0.15) is 4.98 Å². The van der Waals surface area contributed by atoms with Crippen LogP contribution < -0.4 is 10.6 Å². The molecule has 1 saturated carbocycles.